The molecule has 0 saturated carbocycles. The smallest absolute Gasteiger partial charge is 0.123 e. The van der Waals surface area contributed by atoms with E-state index >= 15 is 0 Å². The predicted molar refractivity (Wildman–Crippen MR) is 79.6 cm³/mol. The third-order valence-electron chi connectivity index (χ3n) is 3.16. The topological polar surface area (TPSA) is 9.23 Å². The summed E-state index contributed by atoms with van der Waals surface area (Å²) in [4.78, 5) is -0.0845. The van der Waals surface area contributed by atoms with Gasteiger partial charge in [-0.25, -0.2) is 4.39 Å². The third kappa shape index (κ3) is 2.98. The number of benzene rings is 2. The minimum atomic E-state index is -0.259. The van der Waals surface area contributed by atoms with Crippen molar-refractivity contribution in [3.63, 3.8) is 0 Å². The van der Waals surface area contributed by atoms with Gasteiger partial charge in [0.1, 0.15) is 11.6 Å². The Bertz CT molecular complexity index is 595. The lowest BCUT2D eigenvalue weighted by Crippen LogP contribution is -2.00. The lowest BCUT2D eigenvalue weighted by atomic mass is 9.98. The van der Waals surface area contributed by atoms with Crippen molar-refractivity contribution in [2.24, 2.45) is 0 Å². The molecule has 0 aliphatic heterocycles. The highest BCUT2D eigenvalue weighted by atomic mass is 79.9. The van der Waals surface area contributed by atoms with Crippen LogP contribution in [0.3, 0.4) is 0 Å². The third-order valence-corrected chi connectivity index (χ3v) is 4.15. The molecule has 1 unspecified atom stereocenters. The molecule has 0 spiro atoms. The number of halogens is 2. The lowest BCUT2D eigenvalue weighted by molar-refractivity contribution is 0.409. The van der Waals surface area contributed by atoms with E-state index in [0.717, 1.165) is 11.1 Å². The molecule has 3 heteroatoms. The standard InChI is InChI=1S/C16H16BrFO/c1-10-4-6-13(11(2)8-10)16(17)14-9-12(18)5-7-15(14)19-3/h4-9,16H,1-3H3. The first-order valence-electron chi connectivity index (χ1n) is 6.07. The van der Waals surface area contributed by atoms with Crippen molar-refractivity contribution in [3.8, 4) is 5.75 Å². The monoisotopic (exact) mass is 322 g/mol. The Hall–Kier alpha value is -1.35. The largest absolute Gasteiger partial charge is 0.496 e. The maximum atomic E-state index is 13.4. The van der Waals surface area contributed by atoms with Gasteiger partial charge in [-0.15, -0.1) is 0 Å². The summed E-state index contributed by atoms with van der Waals surface area (Å²) in [7, 11) is 1.60. The normalized spacial score (nSPS) is 12.3. The van der Waals surface area contributed by atoms with E-state index in [0.29, 0.717) is 5.75 Å². The van der Waals surface area contributed by atoms with Crippen LogP contribution >= 0.6 is 15.9 Å². The van der Waals surface area contributed by atoms with Crippen LogP contribution in [0.2, 0.25) is 0 Å². The summed E-state index contributed by atoms with van der Waals surface area (Å²) in [5.41, 5.74) is 4.31. The van der Waals surface area contributed by atoms with Gasteiger partial charge in [0.25, 0.3) is 0 Å². The fourth-order valence-corrected chi connectivity index (χ4v) is 3.05. The van der Waals surface area contributed by atoms with Crippen molar-refractivity contribution in [3.05, 3.63) is 64.5 Å². The first kappa shape index (κ1) is 14.1. The highest BCUT2D eigenvalue weighted by Crippen LogP contribution is 2.38. The van der Waals surface area contributed by atoms with Crippen molar-refractivity contribution < 1.29 is 9.13 Å². The number of hydrogen-bond acceptors (Lipinski definition) is 1. The Kier molecular flexibility index (Phi) is 4.25. The van der Waals surface area contributed by atoms with Crippen LogP contribution in [-0.4, -0.2) is 7.11 Å². The molecule has 0 N–H and O–H groups in total. The average Bonchev–Trinajstić information content (AvgIpc) is 2.38. The summed E-state index contributed by atoms with van der Waals surface area (Å²) >= 11 is 3.65. The van der Waals surface area contributed by atoms with Gasteiger partial charge in [-0.05, 0) is 43.2 Å². The van der Waals surface area contributed by atoms with E-state index in [1.165, 1.54) is 23.3 Å². The molecule has 1 atom stereocenters. The number of alkyl halides is 1. The second-order valence-corrected chi connectivity index (χ2v) is 5.52. The highest BCUT2D eigenvalue weighted by molar-refractivity contribution is 9.09. The molecule has 19 heavy (non-hydrogen) atoms. The summed E-state index contributed by atoms with van der Waals surface area (Å²) in [6.45, 7) is 4.12. The Morgan fingerprint density at radius 3 is 2.42 bits per heavy atom. The maximum absolute atomic E-state index is 13.4. The molecule has 0 aliphatic rings. The quantitative estimate of drug-likeness (QED) is 0.727. The molecule has 0 amide bonds. The fraction of sp³-hybridized carbons (Fsp3) is 0.250. The number of aryl methyl sites for hydroxylation is 2. The van der Waals surface area contributed by atoms with Gasteiger partial charge in [0, 0.05) is 5.56 Å². The molecule has 0 aliphatic carbocycles. The van der Waals surface area contributed by atoms with Crippen molar-refractivity contribution >= 4 is 15.9 Å². The van der Waals surface area contributed by atoms with E-state index in [-0.39, 0.29) is 10.6 Å². The van der Waals surface area contributed by atoms with Crippen molar-refractivity contribution in [1.82, 2.24) is 0 Å². The molecule has 0 aromatic heterocycles. The van der Waals surface area contributed by atoms with Crippen LogP contribution in [0.25, 0.3) is 0 Å². The van der Waals surface area contributed by atoms with E-state index in [9.17, 15) is 4.39 Å². The summed E-state index contributed by atoms with van der Waals surface area (Å²) < 4.78 is 18.8. The zero-order valence-corrected chi connectivity index (χ0v) is 12.8. The van der Waals surface area contributed by atoms with E-state index in [4.69, 9.17) is 4.74 Å². The van der Waals surface area contributed by atoms with Crippen molar-refractivity contribution in [2.45, 2.75) is 18.7 Å². The molecule has 100 valence electrons. The average molecular weight is 323 g/mol. The molecule has 2 aromatic carbocycles. The first-order valence-corrected chi connectivity index (χ1v) is 6.99. The molecule has 1 nitrogen and oxygen atoms in total. The fourth-order valence-electron chi connectivity index (χ4n) is 2.18. The van der Waals surface area contributed by atoms with Crippen LogP contribution < -0.4 is 4.74 Å². The van der Waals surface area contributed by atoms with Gasteiger partial charge in [-0.3, -0.25) is 0 Å². The minimum Gasteiger partial charge on any atom is -0.496 e. The minimum absolute atomic E-state index is 0.0845. The zero-order valence-electron chi connectivity index (χ0n) is 11.2. The first-order chi connectivity index (χ1) is 9.02. The molecular formula is C16H16BrFO. The van der Waals surface area contributed by atoms with Gasteiger partial charge in [0.15, 0.2) is 0 Å². The molecule has 2 rings (SSSR count). The Balaban J connectivity index is 2.49. The Labute approximate surface area is 121 Å². The van der Waals surface area contributed by atoms with E-state index in [1.54, 1.807) is 13.2 Å². The van der Waals surface area contributed by atoms with Crippen LogP contribution in [0.5, 0.6) is 5.75 Å². The summed E-state index contributed by atoms with van der Waals surface area (Å²) in [5.74, 6) is 0.424. The molecule has 0 fully saturated rings. The second kappa shape index (κ2) is 5.74. The van der Waals surface area contributed by atoms with Crippen molar-refractivity contribution in [2.75, 3.05) is 7.11 Å². The highest BCUT2D eigenvalue weighted by Gasteiger charge is 2.17. The van der Waals surface area contributed by atoms with Crippen LogP contribution in [-0.2, 0) is 0 Å². The van der Waals surface area contributed by atoms with Gasteiger partial charge in [-0.2, -0.15) is 0 Å². The predicted octanol–water partition coefficient (Wildman–Crippen LogP) is 4.94. The number of hydrogen-bond donors (Lipinski definition) is 0. The van der Waals surface area contributed by atoms with Gasteiger partial charge in [0.05, 0.1) is 11.9 Å². The van der Waals surface area contributed by atoms with E-state index in [1.807, 2.05) is 0 Å². The number of methoxy groups -OCH3 is 1. The second-order valence-electron chi connectivity index (χ2n) is 4.61. The summed E-state index contributed by atoms with van der Waals surface area (Å²) in [6, 6.07) is 10.8. The zero-order chi connectivity index (χ0) is 14.0. The van der Waals surface area contributed by atoms with Crippen molar-refractivity contribution in [1.29, 1.82) is 0 Å². The summed E-state index contributed by atoms with van der Waals surface area (Å²) in [5, 5.41) is 0. The van der Waals surface area contributed by atoms with E-state index in [2.05, 4.69) is 48.0 Å². The summed E-state index contributed by atoms with van der Waals surface area (Å²) in [6.07, 6.45) is 0. The Morgan fingerprint density at radius 2 is 1.79 bits per heavy atom. The SMILES string of the molecule is COc1ccc(F)cc1C(Br)c1ccc(C)cc1C. The van der Waals surface area contributed by atoms with Crippen LogP contribution in [0, 0.1) is 19.7 Å². The lowest BCUT2D eigenvalue weighted by Gasteiger charge is -2.17. The van der Waals surface area contributed by atoms with E-state index < -0.39 is 0 Å². The van der Waals surface area contributed by atoms with Crippen LogP contribution in [0.1, 0.15) is 27.1 Å². The molecular weight excluding hydrogens is 307 g/mol. The van der Waals surface area contributed by atoms with Crippen LogP contribution in [0.4, 0.5) is 4.39 Å². The molecule has 0 heterocycles. The maximum Gasteiger partial charge on any atom is 0.123 e. The van der Waals surface area contributed by atoms with Gasteiger partial charge in [-0.1, -0.05) is 39.7 Å². The molecule has 0 radical (unpaired) electrons. The number of rotatable bonds is 3. The molecule has 2 aromatic rings. The van der Waals surface area contributed by atoms with Crippen LogP contribution in [0.15, 0.2) is 36.4 Å². The van der Waals surface area contributed by atoms with Gasteiger partial charge in [0.2, 0.25) is 0 Å². The molecule has 0 bridgehead atoms. The Morgan fingerprint density at radius 1 is 1.05 bits per heavy atom. The number of ether oxygens (including phenoxy) is 1. The molecule has 0 saturated heterocycles. The van der Waals surface area contributed by atoms with Gasteiger partial charge >= 0.3 is 0 Å². The van der Waals surface area contributed by atoms with Gasteiger partial charge < -0.3 is 4.74 Å².